The van der Waals surface area contributed by atoms with Crippen LogP contribution in [0.2, 0.25) is 5.04 Å². The molecule has 0 saturated heterocycles. The minimum Gasteiger partial charge on any atom is -0.481 e. The lowest BCUT2D eigenvalue weighted by atomic mass is 10.0. The molecule has 0 aliphatic rings. The quantitative estimate of drug-likeness (QED) is 0.126. The van der Waals surface area contributed by atoms with Crippen LogP contribution in [0, 0.1) is 0 Å². The molecular formula is C34H52O4Si. The van der Waals surface area contributed by atoms with Gasteiger partial charge in [0.2, 0.25) is 0 Å². The third kappa shape index (κ3) is 11.8. The van der Waals surface area contributed by atoms with E-state index in [0.29, 0.717) is 12.2 Å². The van der Waals surface area contributed by atoms with Gasteiger partial charge < -0.3 is 9.53 Å². The number of rotatable bonds is 21. The predicted octanol–water partition coefficient (Wildman–Crippen LogP) is 8.07. The van der Waals surface area contributed by atoms with E-state index in [1.165, 1.54) is 29.6 Å². The fourth-order valence-electron chi connectivity index (χ4n) is 5.55. The van der Waals surface area contributed by atoms with Crippen molar-refractivity contribution in [1.82, 2.24) is 0 Å². The maximum Gasteiger partial charge on any atom is 0.303 e. The summed E-state index contributed by atoms with van der Waals surface area (Å²) >= 11 is 0. The molecule has 5 heteroatoms. The SMILES string of the molecule is CC(C)(C)[Si](OCCCCCCCCC(=O)CCCCCCCCC(=O)O)(c1ccccc1)c1ccccc1. The van der Waals surface area contributed by atoms with E-state index >= 15 is 0 Å². The van der Waals surface area contributed by atoms with Crippen molar-refractivity contribution >= 4 is 30.4 Å². The van der Waals surface area contributed by atoms with Crippen molar-refractivity contribution in [3.8, 4) is 0 Å². The summed E-state index contributed by atoms with van der Waals surface area (Å²) in [7, 11) is -2.43. The molecule has 216 valence electrons. The molecule has 0 atom stereocenters. The number of benzene rings is 2. The summed E-state index contributed by atoms with van der Waals surface area (Å²) in [5, 5.41) is 11.3. The fourth-order valence-corrected chi connectivity index (χ4v) is 10.2. The Hall–Kier alpha value is -2.24. The van der Waals surface area contributed by atoms with E-state index in [0.717, 1.165) is 70.8 Å². The molecule has 1 N–H and O–H groups in total. The van der Waals surface area contributed by atoms with Crippen molar-refractivity contribution < 1.29 is 19.1 Å². The number of carbonyl (C=O) groups is 2. The van der Waals surface area contributed by atoms with Crippen LogP contribution < -0.4 is 10.4 Å². The van der Waals surface area contributed by atoms with Crippen molar-refractivity contribution in [2.75, 3.05) is 6.61 Å². The lowest BCUT2D eigenvalue weighted by Crippen LogP contribution is -2.66. The maximum atomic E-state index is 12.2. The summed E-state index contributed by atoms with van der Waals surface area (Å²) < 4.78 is 6.98. The monoisotopic (exact) mass is 552 g/mol. The van der Waals surface area contributed by atoms with Crippen LogP contribution in [0.4, 0.5) is 0 Å². The Morgan fingerprint density at radius 1 is 0.615 bits per heavy atom. The molecule has 0 bridgehead atoms. The molecule has 2 rings (SSSR count). The van der Waals surface area contributed by atoms with Gasteiger partial charge in [-0.1, -0.05) is 133 Å². The highest BCUT2D eigenvalue weighted by Gasteiger charge is 2.49. The Morgan fingerprint density at radius 2 is 1.00 bits per heavy atom. The Morgan fingerprint density at radius 3 is 1.41 bits per heavy atom. The van der Waals surface area contributed by atoms with Crippen molar-refractivity contribution in [3.63, 3.8) is 0 Å². The first-order valence-corrected chi connectivity index (χ1v) is 17.2. The van der Waals surface area contributed by atoms with Crippen LogP contribution in [0.15, 0.2) is 60.7 Å². The summed E-state index contributed by atoms with van der Waals surface area (Å²) in [6.45, 7) is 7.76. The molecule has 0 unspecified atom stereocenters. The largest absolute Gasteiger partial charge is 0.481 e. The van der Waals surface area contributed by atoms with Crippen molar-refractivity contribution in [1.29, 1.82) is 0 Å². The zero-order valence-corrected chi connectivity index (χ0v) is 25.8. The van der Waals surface area contributed by atoms with Crippen LogP contribution in [-0.2, 0) is 14.0 Å². The molecule has 0 aliphatic heterocycles. The molecule has 0 amide bonds. The number of ketones is 1. The lowest BCUT2D eigenvalue weighted by Gasteiger charge is -2.43. The van der Waals surface area contributed by atoms with Gasteiger partial charge in [0.1, 0.15) is 5.78 Å². The minimum absolute atomic E-state index is 0.0180. The summed E-state index contributed by atoms with van der Waals surface area (Å²) in [5.41, 5.74) is 0. The van der Waals surface area contributed by atoms with E-state index in [1.807, 2.05) is 0 Å². The Kier molecular flexibility index (Phi) is 15.4. The molecular weight excluding hydrogens is 500 g/mol. The zero-order chi connectivity index (χ0) is 28.4. The summed E-state index contributed by atoms with van der Waals surface area (Å²) in [4.78, 5) is 22.7. The number of unbranched alkanes of at least 4 members (excludes halogenated alkanes) is 10. The van der Waals surface area contributed by atoms with Crippen molar-refractivity contribution in [3.05, 3.63) is 60.7 Å². The second-order valence-electron chi connectivity index (χ2n) is 11.9. The molecule has 0 radical (unpaired) electrons. The van der Waals surface area contributed by atoms with Crippen molar-refractivity contribution in [2.45, 2.75) is 122 Å². The van der Waals surface area contributed by atoms with Crippen molar-refractivity contribution in [2.24, 2.45) is 0 Å². The number of hydrogen-bond donors (Lipinski definition) is 1. The molecule has 0 spiro atoms. The molecule has 0 aliphatic carbocycles. The smallest absolute Gasteiger partial charge is 0.303 e. The molecule has 39 heavy (non-hydrogen) atoms. The van der Waals surface area contributed by atoms with Crippen LogP contribution in [-0.4, -0.2) is 31.8 Å². The summed E-state index contributed by atoms with van der Waals surface area (Å²) in [6.07, 6.45) is 14.4. The van der Waals surface area contributed by atoms with Gasteiger partial charge in [-0.3, -0.25) is 9.59 Å². The Balaban J connectivity index is 1.63. The highest BCUT2D eigenvalue weighted by atomic mass is 28.4. The maximum absolute atomic E-state index is 12.2. The van der Waals surface area contributed by atoms with Crippen LogP contribution in [0.1, 0.15) is 117 Å². The van der Waals surface area contributed by atoms with Gasteiger partial charge in [-0.05, 0) is 41.1 Å². The molecule has 0 aromatic heterocycles. The standard InChI is InChI=1S/C34H52O4Si/c1-34(2,3)39(31-24-16-12-17-25-31,32-26-18-13-19-27-32)38-29-21-11-7-6-9-15-23-30(35)22-14-8-4-5-10-20-28-33(36)37/h12-13,16-19,24-27H,4-11,14-15,20-23,28-29H2,1-3H3,(H,36,37). The number of aliphatic carboxylic acids is 1. The number of carboxylic acids is 1. The number of Topliss-reactive ketones (excluding diaryl/α,β-unsaturated/α-hetero) is 1. The fraction of sp³-hybridized carbons (Fsp3) is 0.588. The second-order valence-corrected chi connectivity index (χ2v) is 16.2. The van der Waals surface area contributed by atoms with Crippen LogP contribution in [0.5, 0.6) is 0 Å². The van der Waals surface area contributed by atoms with E-state index in [1.54, 1.807) is 0 Å². The van der Waals surface area contributed by atoms with E-state index in [-0.39, 0.29) is 11.5 Å². The molecule has 4 nitrogen and oxygen atoms in total. The first-order chi connectivity index (χ1) is 18.8. The topological polar surface area (TPSA) is 63.6 Å². The minimum atomic E-state index is -2.43. The van der Waals surface area contributed by atoms with Crippen LogP contribution in [0.25, 0.3) is 0 Å². The van der Waals surface area contributed by atoms with Gasteiger partial charge >= 0.3 is 5.97 Å². The highest BCUT2D eigenvalue weighted by molar-refractivity contribution is 6.99. The first-order valence-electron chi connectivity index (χ1n) is 15.3. The lowest BCUT2D eigenvalue weighted by molar-refractivity contribution is -0.137. The molecule has 0 fully saturated rings. The van der Waals surface area contributed by atoms with Crippen LogP contribution >= 0.6 is 0 Å². The van der Waals surface area contributed by atoms with E-state index in [4.69, 9.17) is 9.53 Å². The molecule has 2 aromatic rings. The van der Waals surface area contributed by atoms with Gasteiger partial charge in [-0.2, -0.15) is 0 Å². The second kappa shape index (κ2) is 18.2. The van der Waals surface area contributed by atoms with Crippen LogP contribution in [0.3, 0.4) is 0 Å². The Bertz CT molecular complexity index is 897. The predicted molar refractivity (Wildman–Crippen MR) is 165 cm³/mol. The number of carbonyl (C=O) groups excluding carboxylic acids is 1. The van der Waals surface area contributed by atoms with Gasteiger partial charge in [0.25, 0.3) is 8.32 Å². The molecule has 0 heterocycles. The number of carboxylic acid groups (broad SMARTS) is 1. The Labute approximate surface area is 238 Å². The normalized spacial score (nSPS) is 12.0. The summed E-state index contributed by atoms with van der Waals surface area (Å²) in [5.74, 6) is -0.305. The summed E-state index contributed by atoms with van der Waals surface area (Å²) in [6, 6.07) is 21.7. The molecule has 0 saturated carbocycles. The number of hydrogen-bond acceptors (Lipinski definition) is 3. The van der Waals surface area contributed by atoms with E-state index in [2.05, 4.69) is 81.4 Å². The average Bonchev–Trinajstić information content (AvgIpc) is 2.91. The van der Waals surface area contributed by atoms with Gasteiger partial charge in [0, 0.05) is 25.9 Å². The zero-order valence-electron chi connectivity index (χ0n) is 24.8. The third-order valence-corrected chi connectivity index (χ3v) is 12.7. The highest BCUT2D eigenvalue weighted by Crippen LogP contribution is 2.36. The third-order valence-electron chi connectivity index (χ3n) is 7.68. The van der Waals surface area contributed by atoms with Gasteiger partial charge in [0.05, 0.1) is 0 Å². The van der Waals surface area contributed by atoms with E-state index < -0.39 is 14.3 Å². The average molecular weight is 553 g/mol. The van der Waals surface area contributed by atoms with Gasteiger partial charge in [-0.25, -0.2) is 0 Å². The van der Waals surface area contributed by atoms with Gasteiger partial charge in [0.15, 0.2) is 0 Å². The molecule has 2 aromatic carbocycles. The van der Waals surface area contributed by atoms with E-state index in [9.17, 15) is 9.59 Å². The van der Waals surface area contributed by atoms with Gasteiger partial charge in [-0.15, -0.1) is 0 Å². The first kappa shape index (κ1) is 33.0.